The van der Waals surface area contributed by atoms with E-state index in [0.717, 1.165) is 11.1 Å². The first-order valence-corrected chi connectivity index (χ1v) is 6.86. The van der Waals surface area contributed by atoms with Crippen LogP contribution in [0, 0.1) is 12.3 Å². The lowest BCUT2D eigenvalue weighted by atomic mass is 9.98. The fourth-order valence-electron chi connectivity index (χ4n) is 2.21. The molecule has 0 amide bonds. The first-order chi connectivity index (χ1) is 10.2. The first-order valence-electron chi connectivity index (χ1n) is 6.86. The van der Waals surface area contributed by atoms with Gasteiger partial charge in [-0.1, -0.05) is 54.6 Å². The molecule has 0 radical (unpaired) electrons. The van der Waals surface area contributed by atoms with E-state index in [2.05, 4.69) is 5.92 Å². The number of hydrogen-bond acceptors (Lipinski definition) is 0. The lowest BCUT2D eigenvalue weighted by Gasteiger charge is -2.08. The monoisotopic (exact) mass is 282 g/mol. The van der Waals surface area contributed by atoms with Crippen molar-refractivity contribution in [3.05, 3.63) is 66.2 Å². The molecule has 0 spiro atoms. The summed E-state index contributed by atoms with van der Waals surface area (Å²) in [6.07, 6.45) is 4.92. The molecule has 21 heavy (non-hydrogen) atoms. The molecule has 0 unspecified atom stereocenters. The summed E-state index contributed by atoms with van der Waals surface area (Å²) in [4.78, 5) is 0. The molecule has 106 valence electrons. The van der Waals surface area contributed by atoms with Gasteiger partial charge in [0.15, 0.2) is 0 Å². The standard InChI is InChI=1S/C19H16F2/c1-2-3-5-10-18(19(20)21)17-13-11-16(12-14-17)15-8-6-4-7-9-15/h1,4,6-9,11-14H,3,5,10H2. The Kier molecular flexibility index (Phi) is 5.29. The Morgan fingerprint density at radius 2 is 1.52 bits per heavy atom. The maximum Gasteiger partial charge on any atom is 0.274 e. The average molecular weight is 282 g/mol. The van der Waals surface area contributed by atoms with E-state index in [-0.39, 0.29) is 5.57 Å². The van der Waals surface area contributed by atoms with Crippen molar-refractivity contribution in [2.45, 2.75) is 19.3 Å². The quantitative estimate of drug-likeness (QED) is 0.483. The molecule has 0 saturated heterocycles. The van der Waals surface area contributed by atoms with Crippen molar-refractivity contribution < 1.29 is 8.78 Å². The van der Waals surface area contributed by atoms with Crippen LogP contribution >= 0.6 is 0 Å². The SMILES string of the molecule is C#CCCCC(=C(F)F)c1ccc(-c2ccccc2)cc1. The van der Waals surface area contributed by atoms with Crippen LogP contribution in [-0.4, -0.2) is 0 Å². The zero-order valence-corrected chi connectivity index (χ0v) is 11.7. The molecule has 0 aliphatic carbocycles. The molecule has 2 heteroatoms. The van der Waals surface area contributed by atoms with E-state index < -0.39 is 6.08 Å². The summed E-state index contributed by atoms with van der Waals surface area (Å²) in [5.74, 6) is 2.48. The third-order valence-corrected chi connectivity index (χ3v) is 3.32. The van der Waals surface area contributed by atoms with Crippen LogP contribution in [-0.2, 0) is 0 Å². The van der Waals surface area contributed by atoms with Crippen LogP contribution in [0.5, 0.6) is 0 Å². The van der Waals surface area contributed by atoms with Crippen molar-refractivity contribution >= 4 is 5.57 Å². The Morgan fingerprint density at radius 3 is 2.10 bits per heavy atom. The summed E-state index contributed by atoms with van der Waals surface area (Å²) < 4.78 is 26.1. The van der Waals surface area contributed by atoms with Crippen molar-refractivity contribution in [3.8, 4) is 23.5 Å². The second kappa shape index (κ2) is 7.40. The summed E-state index contributed by atoms with van der Waals surface area (Å²) in [5, 5.41) is 0. The van der Waals surface area contributed by atoms with Gasteiger partial charge in [0.1, 0.15) is 0 Å². The van der Waals surface area contributed by atoms with Crippen LogP contribution in [0.3, 0.4) is 0 Å². The molecule has 0 nitrogen and oxygen atoms in total. The molecule has 0 aromatic heterocycles. The molecule has 0 fully saturated rings. The van der Waals surface area contributed by atoms with Gasteiger partial charge >= 0.3 is 0 Å². The zero-order chi connectivity index (χ0) is 15.1. The summed E-state index contributed by atoms with van der Waals surface area (Å²) in [6, 6.07) is 17.1. The molecule has 0 N–H and O–H groups in total. The van der Waals surface area contributed by atoms with Crippen LogP contribution in [0.15, 0.2) is 60.7 Å². The minimum atomic E-state index is -1.63. The van der Waals surface area contributed by atoms with E-state index >= 15 is 0 Å². The summed E-state index contributed by atoms with van der Waals surface area (Å²) in [6.45, 7) is 0. The second-order valence-corrected chi connectivity index (χ2v) is 4.74. The van der Waals surface area contributed by atoms with Gasteiger partial charge in [0.2, 0.25) is 0 Å². The maximum absolute atomic E-state index is 13.1. The molecule has 0 bridgehead atoms. The first kappa shape index (κ1) is 15.0. The van der Waals surface area contributed by atoms with Crippen molar-refractivity contribution in [2.75, 3.05) is 0 Å². The maximum atomic E-state index is 13.1. The number of allylic oxidation sites excluding steroid dienone is 1. The third-order valence-electron chi connectivity index (χ3n) is 3.32. The van der Waals surface area contributed by atoms with Crippen molar-refractivity contribution in [3.63, 3.8) is 0 Å². The highest BCUT2D eigenvalue weighted by Crippen LogP contribution is 2.28. The number of benzene rings is 2. The highest BCUT2D eigenvalue weighted by atomic mass is 19.3. The van der Waals surface area contributed by atoms with Gasteiger partial charge in [-0.3, -0.25) is 0 Å². The van der Waals surface area contributed by atoms with Crippen LogP contribution in [0.4, 0.5) is 8.78 Å². The number of unbranched alkanes of at least 4 members (excludes halogenated alkanes) is 1. The Bertz CT molecular complexity index is 642. The third kappa shape index (κ3) is 4.03. The van der Waals surface area contributed by atoms with Crippen LogP contribution in [0.2, 0.25) is 0 Å². The van der Waals surface area contributed by atoms with Gasteiger partial charge in [-0.05, 0) is 29.5 Å². The van der Waals surface area contributed by atoms with E-state index in [1.165, 1.54) is 0 Å². The van der Waals surface area contributed by atoms with E-state index in [1.54, 1.807) is 12.1 Å². The van der Waals surface area contributed by atoms with Crippen LogP contribution < -0.4 is 0 Å². The van der Waals surface area contributed by atoms with E-state index in [1.807, 2.05) is 42.5 Å². The molecule has 2 aromatic carbocycles. The molecule has 0 aliphatic rings. The number of terminal acetylenes is 1. The minimum absolute atomic E-state index is 0.0878. The highest BCUT2D eigenvalue weighted by Gasteiger charge is 2.09. The molecule has 2 rings (SSSR count). The molecular formula is C19H16F2. The highest BCUT2D eigenvalue weighted by molar-refractivity contribution is 5.70. The van der Waals surface area contributed by atoms with Gasteiger partial charge in [-0.2, -0.15) is 8.78 Å². The number of hydrogen-bond donors (Lipinski definition) is 0. The van der Waals surface area contributed by atoms with Gasteiger partial charge in [0.05, 0.1) is 0 Å². The smallest absolute Gasteiger partial charge is 0.173 e. The Labute approximate surface area is 124 Å². The predicted octanol–water partition coefficient (Wildman–Crippen LogP) is 5.76. The van der Waals surface area contributed by atoms with E-state index in [0.29, 0.717) is 24.8 Å². The lowest BCUT2D eigenvalue weighted by molar-refractivity contribution is 0.422. The zero-order valence-electron chi connectivity index (χ0n) is 11.7. The lowest BCUT2D eigenvalue weighted by Crippen LogP contribution is -1.88. The summed E-state index contributed by atoms with van der Waals surface area (Å²) >= 11 is 0. The topological polar surface area (TPSA) is 0 Å². The summed E-state index contributed by atoms with van der Waals surface area (Å²) in [7, 11) is 0. The van der Waals surface area contributed by atoms with Crippen molar-refractivity contribution in [2.24, 2.45) is 0 Å². The van der Waals surface area contributed by atoms with Gasteiger partial charge < -0.3 is 0 Å². The molecule has 0 saturated carbocycles. The molecule has 0 heterocycles. The Morgan fingerprint density at radius 1 is 0.905 bits per heavy atom. The normalized spacial score (nSPS) is 9.95. The van der Waals surface area contributed by atoms with Gasteiger partial charge in [-0.25, -0.2) is 0 Å². The van der Waals surface area contributed by atoms with Crippen molar-refractivity contribution in [1.29, 1.82) is 0 Å². The van der Waals surface area contributed by atoms with E-state index in [9.17, 15) is 8.78 Å². The molecule has 2 aromatic rings. The summed E-state index contributed by atoms with van der Waals surface area (Å²) in [5.41, 5.74) is 2.74. The fraction of sp³-hybridized carbons (Fsp3) is 0.158. The van der Waals surface area contributed by atoms with Gasteiger partial charge in [-0.15, -0.1) is 12.3 Å². The van der Waals surface area contributed by atoms with Crippen molar-refractivity contribution in [1.82, 2.24) is 0 Å². The number of halogens is 2. The van der Waals surface area contributed by atoms with Gasteiger partial charge in [0, 0.05) is 12.0 Å². The second-order valence-electron chi connectivity index (χ2n) is 4.74. The Hall–Kier alpha value is -2.40. The molecule has 0 aliphatic heterocycles. The van der Waals surface area contributed by atoms with E-state index in [4.69, 9.17) is 6.42 Å². The molecule has 0 atom stereocenters. The van der Waals surface area contributed by atoms with Crippen LogP contribution in [0.1, 0.15) is 24.8 Å². The largest absolute Gasteiger partial charge is 0.274 e. The van der Waals surface area contributed by atoms with Gasteiger partial charge in [0.25, 0.3) is 6.08 Å². The Balaban J connectivity index is 2.21. The minimum Gasteiger partial charge on any atom is -0.173 e. The number of rotatable bonds is 5. The van der Waals surface area contributed by atoms with Crippen LogP contribution in [0.25, 0.3) is 16.7 Å². The fourth-order valence-corrected chi connectivity index (χ4v) is 2.21. The predicted molar refractivity (Wildman–Crippen MR) is 83.7 cm³/mol. The average Bonchev–Trinajstić information content (AvgIpc) is 2.52. The molecular weight excluding hydrogens is 266 g/mol.